The van der Waals surface area contributed by atoms with Gasteiger partial charge in [-0.3, -0.25) is 4.79 Å². The van der Waals surface area contributed by atoms with Crippen LogP contribution in [0.4, 0.5) is 0 Å². The number of carbonyl (C=O) groups is 1. The summed E-state index contributed by atoms with van der Waals surface area (Å²) < 4.78 is 11.8. The summed E-state index contributed by atoms with van der Waals surface area (Å²) in [6.45, 7) is 3.33. The molecule has 0 radical (unpaired) electrons. The topological polar surface area (TPSA) is 68.5 Å². The molecule has 1 atom stereocenters. The van der Waals surface area contributed by atoms with Crippen LogP contribution in [0, 0.1) is 0 Å². The van der Waals surface area contributed by atoms with E-state index < -0.39 is 0 Å². The molecule has 2 aromatic heterocycles. The summed E-state index contributed by atoms with van der Waals surface area (Å²) in [5.74, 6) is 1.51. The van der Waals surface area contributed by atoms with Gasteiger partial charge < -0.3 is 14.1 Å². The van der Waals surface area contributed by atoms with Crippen molar-refractivity contribution < 1.29 is 13.9 Å². The first-order valence-electron chi connectivity index (χ1n) is 11.0. The van der Waals surface area contributed by atoms with Crippen molar-refractivity contribution in [2.24, 2.45) is 0 Å². The van der Waals surface area contributed by atoms with Gasteiger partial charge in [-0.2, -0.15) is 0 Å². The molecule has 1 amide bonds. The maximum Gasteiger partial charge on any atom is 0.255 e. The van der Waals surface area contributed by atoms with Crippen LogP contribution in [0.2, 0.25) is 0 Å². The molecule has 0 aliphatic carbocycles. The average Bonchev–Trinajstić information content (AvgIpc) is 3.29. The van der Waals surface area contributed by atoms with Gasteiger partial charge in [0.15, 0.2) is 11.5 Å². The van der Waals surface area contributed by atoms with Crippen LogP contribution in [0.1, 0.15) is 53.6 Å². The minimum absolute atomic E-state index is 0.00354. The molecule has 0 N–H and O–H groups in total. The van der Waals surface area contributed by atoms with Crippen LogP contribution in [0.15, 0.2) is 77.3 Å². The van der Waals surface area contributed by atoms with Crippen molar-refractivity contribution in [3.05, 3.63) is 89.9 Å². The van der Waals surface area contributed by atoms with Crippen molar-refractivity contribution in [2.45, 2.75) is 31.8 Å². The Morgan fingerprint density at radius 2 is 1.78 bits per heavy atom. The summed E-state index contributed by atoms with van der Waals surface area (Å²) in [4.78, 5) is 23.8. The third-order valence-corrected chi connectivity index (χ3v) is 5.99. The number of rotatable bonds is 5. The van der Waals surface area contributed by atoms with Crippen LogP contribution in [-0.2, 0) is 0 Å². The molecule has 1 aliphatic rings. The maximum atomic E-state index is 12.9. The number of nitrogens with zero attached hydrogens (tertiary/aromatic N) is 3. The van der Waals surface area contributed by atoms with Crippen molar-refractivity contribution >= 4 is 17.0 Å². The summed E-state index contributed by atoms with van der Waals surface area (Å²) >= 11 is 0. The standard InChI is InChI=1S/C26H25N3O3/c1-18(19-7-3-2-4-8-19)31-24-12-11-21(17-27-24)26(30)29-15-13-20(14-16-29)25-28-22-9-5-6-10-23(22)32-25/h2-12,17-18,20H,13-16H2,1H3. The lowest BCUT2D eigenvalue weighted by Gasteiger charge is -2.30. The van der Waals surface area contributed by atoms with Crippen LogP contribution >= 0.6 is 0 Å². The number of ether oxygens (including phenoxy) is 1. The normalized spacial score (nSPS) is 15.6. The van der Waals surface area contributed by atoms with E-state index in [1.165, 1.54) is 0 Å². The molecule has 5 rings (SSSR count). The average molecular weight is 428 g/mol. The van der Waals surface area contributed by atoms with E-state index in [2.05, 4.69) is 9.97 Å². The minimum Gasteiger partial charge on any atom is -0.470 e. The molecule has 32 heavy (non-hydrogen) atoms. The molecule has 1 saturated heterocycles. The van der Waals surface area contributed by atoms with Gasteiger partial charge in [-0.25, -0.2) is 9.97 Å². The number of aromatic nitrogens is 2. The SMILES string of the molecule is CC(Oc1ccc(C(=O)N2CCC(c3nc4ccccc4o3)CC2)cn1)c1ccccc1. The predicted octanol–water partition coefficient (Wildman–Crippen LogP) is 5.38. The Morgan fingerprint density at radius 3 is 2.50 bits per heavy atom. The fourth-order valence-corrected chi connectivity index (χ4v) is 4.13. The molecule has 162 valence electrons. The number of amides is 1. The predicted molar refractivity (Wildman–Crippen MR) is 122 cm³/mol. The van der Waals surface area contributed by atoms with Gasteiger partial charge in [-0.1, -0.05) is 42.5 Å². The van der Waals surface area contributed by atoms with Crippen molar-refractivity contribution in [1.82, 2.24) is 14.9 Å². The van der Waals surface area contributed by atoms with Gasteiger partial charge in [-0.05, 0) is 43.5 Å². The van der Waals surface area contributed by atoms with E-state index in [0.717, 1.165) is 35.4 Å². The summed E-state index contributed by atoms with van der Waals surface area (Å²) in [5, 5.41) is 0. The number of benzene rings is 2. The molecule has 0 spiro atoms. The highest BCUT2D eigenvalue weighted by Gasteiger charge is 2.27. The molecule has 2 aromatic carbocycles. The first-order valence-corrected chi connectivity index (χ1v) is 11.0. The van der Waals surface area contributed by atoms with E-state index in [1.807, 2.05) is 66.4 Å². The maximum absolute atomic E-state index is 12.9. The Labute approximate surface area is 186 Å². The number of hydrogen-bond donors (Lipinski definition) is 0. The molecule has 1 aliphatic heterocycles. The minimum atomic E-state index is -0.115. The largest absolute Gasteiger partial charge is 0.470 e. The highest BCUT2D eigenvalue weighted by Crippen LogP contribution is 2.30. The van der Waals surface area contributed by atoms with E-state index in [-0.39, 0.29) is 17.9 Å². The molecule has 4 aromatic rings. The van der Waals surface area contributed by atoms with Crippen molar-refractivity contribution in [3.8, 4) is 5.88 Å². The Balaban J connectivity index is 1.19. The summed E-state index contributed by atoms with van der Waals surface area (Å²) in [6.07, 6.45) is 3.15. The summed E-state index contributed by atoms with van der Waals surface area (Å²) in [5.41, 5.74) is 3.35. The van der Waals surface area contributed by atoms with E-state index >= 15 is 0 Å². The van der Waals surface area contributed by atoms with Gasteiger partial charge in [-0.15, -0.1) is 0 Å². The lowest BCUT2D eigenvalue weighted by Crippen LogP contribution is -2.38. The number of piperidine rings is 1. The van der Waals surface area contributed by atoms with E-state index in [4.69, 9.17) is 9.15 Å². The van der Waals surface area contributed by atoms with E-state index in [9.17, 15) is 4.79 Å². The van der Waals surface area contributed by atoms with Gasteiger partial charge in [0.25, 0.3) is 5.91 Å². The molecular weight excluding hydrogens is 402 g/mol. The fraction of sp³-hybridized carbons (Fsp3) is 0.269. The molecule has 0 bridgehead atoms. The Morgan fingerprint density at radius 1 is 1.03 bits per heavy atom. The highest BCUT2D eigenvalue weighted by molar-refractivity contribution is 5.94. The monoisotopic (exact) mass is 427 g/mol. The van der Waals surface area contributed by atoms with Crippen molar-refractivity contribution in [1.29, 1.82) is 0 Å². The van der Waals surface area contributed by atoms with Gasteiger partial charge in [0, 0.05) is 31.3 Å². The lowest BCUT2D eigenvalue weighted by molar-refractivity contribution is 0.0706. The number of para-hydroxylation sites is 2. The van der Waals surface area contributed by atoms with Gasteiger partial charge in [0.05, 0.1) is 5.56 Å². The summed E-state index contributed by atoms with van der Waals surface area (Å²) in [6, 6.07) is 21.3. The first kappa shape index (κ1) is 20.2. The smallest absolute Gasteiger partial charge is 0.255 e. The van der Waals surface area contributed by atoms with E-state index in [1.54, 1.807) is 18.3 Å². The molecule has 6 heteroatoms. The zero-order valence-electron chi connectivity index (χ0n) is 18.0. The van der Waals surface area contributed by atoms with Gasteiger partial charge >= 0.3 is 0 Å². The lowest BCUT2D eigenvalue weighted by atomic mass is 9.96. The molecule has 0 saturated carbocycles. The molecular formula is C26H25N3O3. The molecule has 3 heterocycles. The number of fused-ring (bicyclic) bond motifs is 1. The number of likely N-dealkylation sites (tertiary alicyclic amines) is 1. The first-order chi connectivity index (χ1) is 15.7. The number of oxazole rings is 1. The second-order valence-electron chi connectivity index (χ2n) is 8.14. The van der Waals surface area contributed by atoms with Crippen LogP contribution in [0.25, 0.3) is 11.1 Å². The Bertz CT molecular complexity index is 1160. The zero-order chi connectivity index (χ0) is 21.9. The second kappa shape index (κ2) is 8.83. The fourth-order valence-electron chi connectivity index (χ4n) is 4.13. The third-order valence-electron chi connectivity index (χ3n) is 5.99. The van der Waals surface area contributed by atoms with E-state index in [0.29, 0.717) is 24.5 Å². The number of hydrogen-bond acceptors (Lipinski definition) is 5. The third kappa shape index (κ3) is 4.21. The highest BCUT2D eigenvalue weighted by atomic mass is 16.5. The zero-order valence-corrected chi connectivity index (χ0v) is 18.0. The van der Waals surface area contributed by atoms with Crippen LogP contribution in [-0.4, -0.2) is 33.9 Å². The Hall–Kier alpha value is -3.67. The van der Waals surface area contributed by atoms with Crippen LogP contribution in [0.3, 0.4) is 0 Å². The number of pyridine rings is 1. The summed E-state index contributed by atoms with van der Waals surface area (Å²) in [7, 11) is 0. The quantitative estimate of drug-likeness (QED) is 0.428. The van der Waals surface area contributed by atoms with Crippen LogP contribution in [0.5, 0.6) is 5.88 Å². The van der Waals surface area contributed by atoms with Crippen molar-refractivity contribution in [2.75, 3.05) is 13.1 Å². The van der Waals surface area contributed by atoms with Gasteiger partial charge in [0.2, 0.25) is 5.88 Å². The second-order valence-corrected chi connectivity index (χ2v) is 8.14. The Kier molecular flexibility index (Phi) is 5.58. The molecule has 1 unspecified atom stereocenters. The van der Waals surface area contributed by atoms with Gasteiger partial charge in [0.1, 0.15) is 11.6 Å². The molecule has 1 fully saturated rings. The molecule has 6 nitrogen and oxygen atoms in total. The van der Waals surface area contributed by atoms with Crippen LogP contribution < -0.4 is 4.74 Å². The number of carbonyl (C=O) groups excluding carboxylic acids is 1. The van der Waals surface area contributed by atoms with Crippen molar-refractivity contribution in [3.63, 3.8) is 0 Å².